The maximum atomic E-state index is 16.4. The van der Waals surface area contributed by atoms with Gasteiger partial charge in [0.2, 0.25) is 59.3 Å². The van der Waals surface area contributed by atoms with Crippen molar-refractivity contribution < 1.29 is 132 Å². The molecule has 8 heterocycles. The zero-order valence-corrected chi connectivity index (χ0v) is 73.2. The number of nitrogens with two attached hydrogens (primary N) is 1. The Kier molecular flexibility index (Phi) is 30.5. The first kappa shape index (κ1) is 96.9. The van der Waals surface area contributed by atoms with Crippen LogP contribution in [-0.4, -0.2) is 246 Å². The van der Waals surface area contributed by atoms with Crippen molar-refractivity contribution in [2.45, 2.75) is 163 Å². The van der Waals surface area contributed by atoms with Crippen molar-refractivity contribution >= 4 is 106 Å². The van der Waals surface area contributed by atoms with E-state index in [1.54, 1.807) is 66.2 Å². The first-order valence-corrected chi connectivity index (χ1v) is 41.9. The number of phenols is 3. The van der Waals surface area contributed by atoms with Gasteiger partial charge in [0.25, 0.3) is 5.91 Å². The molecule has 0 saturated carbocycles. The second kappa shape index (κ2) is 40.9. The van der Waals surface area contributed by atoms with Crippen molar-refractivity contribution in [3.63, 3.8) is 0 Å². The van der Waals surface area contributed by atoms with E-state index in [0.29, 0.717) is 10.6 Å². The molecule has 18 atom stereocenters. The van der Waals surface area contributed by atoms with Gasteiger partial charge in [-0.2, -0.15) is 10.5 Å². The molecule has 21 N–H and O–H groups in total. The molecule has 130 heavy (non-hydrogen) atoms. The highest BCUT2D eigenvalue weighted by Gasteiger charge is 2.52. The van der Waals surface area contributed by atoms with Crippen LogP contribution in [0.4, 0.5) is 5.82 Å². The molecule has 14 rings (SSSR count). The van der Waals surface area contributed by atoms with Gasteiger partial charge in [0.15, 0.2) is 30.4 Å². The minimum Gasteiger partial charge on any atom is -0.508 e. The number of nitrogens with zero attached hydrogens (tertiary/aromatic N) is 3. The molecule has 0 aliphatic carbocycles. The van der Waals surface area contributed by atoms with Gasteiger partial charge in [0.1, 0.15) is 101 Å². The van der Waals surface area contributed by atoms with E-state index in [1.807, 2.05) is 5.48 Å². The number of aliphatic hydroxyl groups excluding tert-OH is 6. The van der Waals surface area contributed by atoms with Crippen LogP contribution in [0.25, 0.3) is 17.2 Å². The Morgan fingerprint density at radius 3 is 1.98 bits per heavy atom. The van der Waals surface area contributed by atoms with E-state index in [1.165, 1.54) is 55.1 Å². The number of amides is 9. The van der Waals surface area contributed by atoms with Gasteiger partial charge in [-0.25, -0.2) is 9.59 Å². The Hall–Kier alpha value is -12.2. The molecule has 2 saturated heterocycles. The number of aliphatic hydroxyl groups is 6. The van der Waals surface area contributed by atoms with Crippen molar-refractivity contribution in [1.29, 1.82) is 0 Å². The number of phenolic OH excluding ortho intramolecular Hbond substituents is 3. The third-order valence-electron chi connectivity index (χ3n) is 21.9. The molecule has 7 aliphatic heterocycles. The van der Waals surface area contributed by atoms with E-state index in [4.69, 9.17) is 73.8 Å². The first-order valence-electron chi connectivity index (χ1n) is 40.8. The number of carbonyl (C=O) groups is 10. The fraction of sp³-hybridized carbons (Fsp3) is 0.395. The molecule has 7 aromatic rings. The second-order valence-electron chi connectivity index (χ2n) is 33.3. The molecule has 41 nitrogen and oxygen atoms in total. The van der Waals surface area contributed by atoms with Crippen LogP contribution in [0.15, 0.2) is 126 Å². The van der Waals surface area contributed by atoms with Gasteiger partial charge in [-0.15, -0.1) is 0 Å². The Morgan fingerprint density at radius 2 is 1.36 bits per heavy atom. The molecular formula is C86H98Cl3N14O27+. The summed E-state index contributed by atoms with van der Waals surface area (Å²) in [4.78, 5) is 169. The Bertz CT molecular complexity index is 5590. The van der Waals surface area contributed by atoms with Gasteiger partial charge in [-0.05, 0) is 145 Å². The first-order chi connectivity index (χ1) is 61.5. The quantitative estimate of drug-likeness (QED) is 0.0260. The van der Waals surface area contributed by atoms with E-state index in [9.17, 15) is 74.7 Å². The average Bonchev–Trinajstić information content (AvgIpc) is 0.764. The van der Waals surface area contributed by atoms with Crippen LogP contribution in [0.1, 0.15) is 111 Å². The van der Waals surface area contributed by atoms with Crippen LogP contribution in [-0.2, 0) is 73.5 Å². The Labute approximate surface area is 756 Å². The van der Waals surface area contributed by atoms with Gasteiger partial charge in [0.05, 0.1) is 62.5 Å². The normalized spacial score (nSPS) is 25.5. The van der Waals surface area contributed by atoms with Crippen molar-refractivity contribution in [3.05, 3.63) is 180 Å². The highest BCUT2D eigenvalue weighted by atomic mass is 35.5. The predicted molar refractivity (Wildman–Crippen MR) is 460 cm³/mol. The van der Waals surface area contributed by atoms with Crippen LogP contribution in [0, 0.1) is 5.92 Å². The van der Waals surface area contributed by atoms with Crippen LogP contribution < -0.4 is 79.0 Å². The summed E-state index contributed by atoms with van der Waals surface area (Å²) in [6.45, 7) is 5.22. The van der Waals surface area contributed by atoms with Crippen molar-refractivity contribution in [2.75, 3.05) is 53.2 Å². The molecule has 0 spiro atoms. The molecule has 0 radical (unpaired) electrons. The maximum absolute atomic E-state index is 16.4. The minimum atomic E-state index is -2.42. The Balaban J connectivity index is 0.998. The fourth-order valence-corrected chi connectivity index (χ4v) is 15.9. The lowest BCUT2D eigenvalue weighted by Crippen LogP contribution is -2.65. The number of hydroxylamine groups is 1. The monoisotopic (exact) mass is 1860 g/mol. The number of hydrogen-bond donors (Lipinski definition) is 20. The number of halogens is 3. The smallest absolute Gasteiger partial charge is 0.386 e. The van der Waals surface area contributed by atoms with Crippen LogP contribution >= 0.6 is 34.8 Å². The van der Waals surface area contributed by atoms with E-state index < -0.39 is 271 Å². The summed E-state index contributed by atoms with van der Waals surface area (Å²) in [7, 11) is 6.33. The summed E-state index contributed by atoms with van der Waals surface area (Å²) in [5, 5.41) is 130. The fourth-order valence-electron chi connectivity index (χ4n) is 15.3. The molecule has 11 bridgehead atoms. The van der Waals surface area contributed by atoms with Crippen LogP contribution in [0.3, 0.4) is 0 Å². The standard InChI is InChI=1S/C86H97Cl3N14O27/c1-37(2)25-50(91-5)77(116)99-68-70(111)41-13-18-54(48(88)27-41)125-56-29-43-30-57(74(56)129-84-75(73(114)72(113)58(36-104)127-84)128-63-34-86(4,76(115)38(3)124-63)92-22-24-102-23-21-60(95-85(102)123)94-61(109)20-11-39-9-15-44(87)16-10-39)126-55-19-14-42(28-49(55)89)71(112)69-82(121)98-67(83(122)101-130-62(110)35-103(6,7)8)47-31-45(105)32-53(107)64(47)46-26-40(12-17-52(46)106)65(79(118)100-69)97-80(119)66(43)96-78(117)51(33-59(90)108)93-81(68)120/h9-21,23,26-32,37-38,50-51,58,63,65-73,75-76,84,91-92,104,111-115H,22,24-25,33-36H2,1-8H3,(H12-,90,93,94,95,96,97,98,99,100,101,105,106,107,108,109,116,117,118,119,120,121,122,123)/p+1/b20-11+/t38-,50+,51-,58+,63-,65+,66+,67+,68+,69-,70+,71+,72+,73-,75+,76+,84-,86-/m0/s1. The van der Waals surface area contributed by atoms with Crippen molar-refractivity contribution in [1.82, 2.24) is 57.6 Å². The highest BCUT2D eigenvalue weighted by molar-refractivity contribution is 6.32. The molecule has 2 fully saturated rings. The number of primary amides is 1. The highest BCUT2D eigenvalue weighted by Crippen LogP contribution is 2.50. The molecule has 44 heteroatoms. The SMILES string of the molecule is CN[C@H](CC(C)C)C(=O)N[C@H]1C(=O)N[C@@H](CC(N)=O)C(=O)N[C@H]2C(=O)N[C@H]3C(=O)N[C@H](C(=O)N[C@@H](C(=O)NOC(=O)C[N+](C)(C)C)c4cc(O)cc(O)c4-c4cc3ccc4O)[C@H](O)c3ccc(c(Cl)c3)Oc3cc2cc(c3O[C@@H]2O[C@H](CO)[C@@H](O)[C@H](O)[C@H]2O[C@H]2C[C@](C)(NCCn3ccc(NC(=O)/C=C/c4ccc(Cl)cc4)nc3=O)[C@H](O)[C@H](C)O2)Oc2ccc(cc2Cl)[C@H]1O. The number of hydrogen-bond acceptors (Lipinski definition) is 30. The van der Waals surface area contributed by atoms with Crippen molar-refractivity contribution in [3.8, 4) is 57.1 Å². The summed E-state index contributed by atoms with van der Waals surface area (Å²) < 4.78 is 40.7. The molecule has 6 aromatic carbocycles. The Morgan fingerprint density at radius 1 is 0.723 bits per heavy atom. The molecule has 9 amide bonds. The van der Waals surface area contributed by atoms with E-state index in [0.717, 1.165) is 66.7 Å². The maximum Gasteiger partial charge on any atom is 0.386 e. The third kappa shape index (κ3) is 22.8. The predicted octanol–water partition coefficient (Wildman–Crippen LogP) is 1.50. The number of nitrogens with one attached hydrogen (secondary N) is 10. The number of aromatic hydroxyl groups is 3. The van der Waals surface area contributed by atoms with Gasteiger partial charge < -0.3 is 137 Å². The topological polar surface area (TPSA) is 599 Å². The van der Waals surface area contributed by atoms with Gasteiger partial charge >= 0.3 is 11.7 Å². The number of fused-ring (bicyclic) bond motifs is 15. The number of likely N-dealkylation sites (N-methyl/N-ethyl adjacent to an activating group) is 2. The zero-order valence-electron chi connectivity index (χ0n) is 70.9. The molecule has 694 valence electrons. The summed E-state index contributed by atoms with van der Waals surface area (Å²) in [6.07, 6.45) is -15.6. The van der Waals surface area contributed by atoms with Gasteiger partial charge in [-0.3, -0.25) is 47.7 Å². The molecule has 1 aromatic heterocycles. The lowest BCUT2D eigenvalue weighted by atomic mass is 9.85. The van der Waals surface area contributed by atoms with E-state index in [-0.39, 0.29) is 59.8 Å². The largest absolute Gasteiger partial charge is 0.508 e. The minimum absolute atomic E-state index is 0.0104. The van der Waals surface area contributed by atoms with Gasteiger partial charge in [-0.1, -0.05) is 79.0 Å². The summed E-state index contributed by atoms with van der Waals surface area (Å²) >= 11 is 20.4. The van der Waals surface area contributed by atoms with E-state index in [2.05, 4.69) is 52.8 Å². The third-order valence-corrected chi connectivity index (χ3v) is 22.8. The molecule has 0 unspecified atom stereocenters. The summed E-state index contributed by atoms with van der Waals surface area (Å²) in [5.74, 6) is -17.8. The van der Waals surface area contributed by atoms with Gasteiger partial charge in [0, 0.05) is 59.5 Å². The van der Waals surface area contributed by atoms with Crippen LogP contribution in [0.2, 0.25) is 15.1 Å². The second-order valence-corrected chi connectivity index (χ2v) is 34.5. The zero-order chi connectivity index (χ0) is 94.4. The summed E-state index contributed by atoms with van der Waals surface area (Å²) in [5.41, 5.74) is 3.23. The molecule has 7 aliphatic rings. The number of ether oxygens (including phenoxy) is 6. The lowest BCUT2D eigenvalue weighted by Gasteiger charge is -2.48. The molecular weight excluding hydrogens is 1770 g/mol. The van der Waals surface area contributed by atoms with Crippen LogP contribution in [0.5, 0.6) is 46.0 Å². The van der Waals surface area contributed by atoms with E-state index >= 15 is 24.0 Å². The number of benzene rings is 6. The number of carbonyl (C=O) groups excluding carboxylic acids is 10. The number of quaternary nitrogens is 1. The number of aromatic nitrogens is 2. The lowest BCUT2D eigenvalue weighted by molar-refractivity contribution is -0.862. The van der Waals surface area contributed by atoms with Crippen molar-refractivity contribution in [2.24, 2.45) is 11.7 Å². The average molecular weight is 1870 g/mol. The summed E-state index contributed by atoms with van der Waals surface area (Å²) in [6, 6.07) is 6.95. The number of anilines is 1. The number of rotatable bonds is 22.